The summed E-state index contributed by atoms with van der Waals surface area (Å²) in [6, 6.07) is 23.8. The molecule has 2 aliphatic rings. The number of benzene rings is 3. The first-order valence-electron chi connectivity index (χ1n) is 21.7. The molecule has 2 unspecified atom stereocenters. The minimum Gasteiger partial charge on any atom is -0.363 e. The van der Waals surface area contributed by atoms with Crippen molar-refractivity contribution in [2.75, 3.05) is 39.3 Å². The Morgan fingerprint density at radius 1 is 0.635 bits per heavy atom. The summed E-state index contributed by atoms with van der Waals surface area (Å²) in [6.45, 7) is 14.4. The molecule has 3 aromatic carbocycles. The predicted molar refractivity (Wildman–Crippen MR) is 254 cm³/mol. The SMILES string of the molecule is CC(C)(C)[C@H](Nc1nccs1)C(=O)N1CCCC1C(=O)Nc1ccc(CN(Cc2ccc(NC(=O)C3CCCN3C(=O)[C@@H](Nc3nccs3)C(C)(C)C)cc2)c2ccccc2)cc1. The van der Waals surface area contributed by atoms with Crippen LogP contribution in [-0.2, 0) is 32.3 Å². The molecule has 0 spiro atoms. The Morgan fingerprint density at radius 2 is 1.05 bits per heavy atom. The third-order valence-electron chi connectivity index (χ3n) is 11.6. The highest BCUT2D eigenvalue weighted by Gasteiger charge is 2.43. The van der Waals surface area contributed by atoms with E-state index in [4.69, 9.17) is 0 Å². The smallest absolute Gasteiger partial charge is 0.247 e. The van der Waals surface area contributed by atoms with Crippen LogP contribution in [0.3, 0.4) is 0 Å². The molecule has 2 fully saturated rings. The summed E-state index contributed by atoms with van der Waals surface area (Å²) in [5.74, 6) is -0.573. The van der Waals surface area contributed by atoms with Crippen LogP contribution >= 0.6 is 22.7 Å². The molecule has 0 bridgehead atoms. The molecular weight excluding hydrogens is 831 g/mol. The largest absolute Gasteiger partial charge is 0.363 e. The number of nitrogens with one attached hydrogen (secondary N) is 4. The maximum Gasteiger partial charge on any atom is 0.247 e. The van der Waals surface area contributed by atoms with Gasteiger partial charge in [-0.1, -0.05) is 84.0 Å². The van der Waals surface area contributed by atoms with Crippen molar-refractivity contribution >= 4 is 73.6 Å². The van der Waals surface area contributed by atoms with Gasteiger partial charge >= 0.3 is 0 Å². The molecule has 2 saturated heterocycles. The van der Waals surface area contributed by atoms with Crippen LogP contribution in [0.4, 0.5) is 27.3 Å². The summed E-state index contributed by atoms with van der Waals surface area (Å²) in [6.07, 6.45) is 6.15. The second-order valence-corrected chi connectivity index (χ2v) is 20.3. The van der Waals surface area contributed by atoms with E-state index in [1.807, 2.05) is 119 Å². The maximum absolute atomic E-state index is 13.9. The normalized spacial score (nSPS) is 17.5. The number of hydrogen-bond acceptors (Lipinski definition) is 11. The average Bonchev–Trinajstić information content (AvgIpc) is 4.11. The molecule has 0 radical (unpaired) electrons. The Bertz CT molecular complexity index is 2150. The summed E-state index contributed by atoms with van der Waals surface area (Å²) in [5.41, 5.74) is 3.74. The number of likely N-dealkylation sites (tertiary alicyclic amines) is 2. The minimum atomic E-state index is -0.557. The van der Waals surface area contributed by atoms with Gasteiger partial charge in [0.1, 0.15) is 24.2 Å². The minimum absolute atomic E-state index is 0.0960. The zero-order valence-electron chi connectivity index (χ0n) is 37.0. The number of aromatic nitrogens is 2. The van der Waals surface area contributed by atoms with Crippen molar-refractivity contribution in [1.29, 1.82) is 0 Å². The third kappa shape index (κ3) is 11.4. The van der Waals surface area contributed by atoms with Crippen LogP contribution in [0.15, 0.2) is 102 Å². The fourth-order valence-electron chi connectivity index (χ4n) is 8.23. The second-order valence-electron chi connectivity index (χ2n) is 18.5. The first-order valence-corrected chi connectivity index (χ1v) is 23.4. The van der Waals surface area contributed by atoms with Crippen LogP contribution in [-0.4, -0.2) is 80.7 Å². The van der Waals surface area contributed by atoms with E-state index < -0.39 is 35.0 Å². The lowest BCUT2D eigenvalue weighted by Gasteiger charge is -2.35. The lowest BCUT2D eigenvalue weighted by Crippen LogP contribution is -2.53. The van der Waals surface area contributed by atoms with E-state index in [2.05, 4.69) is 48.3 Å². The number of anilines is 5. The van der Waals surface area contributed by atoms with Crippen LogP contribution < -0.4 is 26.2 Å². The first kappa shape index (κ1) is 45.2. The van der Waals surface area contributed by atoms with Crippen molar-refractivity contribution < 1.29 is 19.2 Å². The lowest BCUT2D eigenvalue weighted by molar-refractivity contribution is -0.139. The van der Waals surface area contributed by atoms with Gasteiger partial charge in [-0.25, -0.2) is 9.97 Å². The van der Waals surface area contributed by atoms with Gasteiger partial charge in [0.25, 0.3) is 0 Å². The molecule has 4 heterocycles. The fourth-order valence-corrected chi connectivity index (χ4v) is 9.34. The highest BCUT2D eigenvalue weighted by atomic mass is 32.1. The summed E-state index contributed by atoms with van der Waals surface area (Å²) in [7, 11) is 0. The van der Waals surface area contributed by atoms with Crippen molar-refractivity contribution in [3.8, 4) is 0 Å². The molecule has 7 rings (SSSR count). The van der Waals surface area contributed by atoms with Gasteiger partial charge in [0.15, 0.2) is 10.3 Å². The Morgan fingerprint density at radius 3 is 1.41 bits per heavy atom. The molecule has 332 valence electrons. The number of nitrogens with zero attached hydrogens (tertiary/aromatic N) is 5. The van der Waals surface area contributed by atoms with Crippen LogP contribution in [0.5, 0.6) is 0 Å². The molecular formula is C48H59N9O4S2. The van der Waals surface area contributed by atoms with Gasteiger partial charge in [0, 0.05) is 66.4 Å². The number of rotatable bonds is 15. The van der Waals surface area contributed by atoms with Crippen molar-refractivity contribution in [3.05, 3.63) is 113 Å². The molecule has 13 nitrogen and oxygen atoms in total. The Labute approximate surface area is 378 Å². The van der Waals surface area contributed by atoms with Gasteiger partial charge in [-0.3, -0.25) is 19.2 Å². The van der Waals surface area contributed by atoms with Crippen molar-refractivity contribution in [1.82, 2.24) is 19.8 Å². The molecule has 15 heteroatoms. The van der Waals surface area contributed by atoms with Gasteiger partial charge in [0.05, 0.1) is 0 Å². The van der Waals surface area contributed by atoms with Gasteiger partial charge < -0.3 is 36.0 Å². The van der Waals surface area contributed by atoms with E-state index in [0.29, 0.717) is 60.7 Å². The van der Waals surface area contributed by atoms with Gasteiger partial charge in [-0.15, -0.1) is 22.7 Å². The standard InChI is InChI=1S/C48H59N9O4S2/c1-47(2,3)39(53-45-49-24-28-62-45)43(60)56-26-10-14-37(56)41(58)51-34-20-16-32(17-21-34)30-55(36-12-8-7-9-13-36)31-33-18-22-35(23-19-33)52-42(59)38-15-11-27-57(38)44(61)40(48(4,5)6)54-46-50-25-29-63-46/h7-9,12-13,16-25,28-29,37-40H,10-11,14-15,26-27,30-31H2,1-6H3,(H,49,53)(H,50,54)(H,51,58)(H,52,59)/t37?,38?,39-,40-/m1/s1. The molecule has 63 heavy (non-hydrogen) atoms. The van der Waals surface area contributed by atoms with Crippen LogP contribution in [0.1, 0.15) is 78.4 Å². The topological polar surface area (TPSA) is 152 Å². The van der Waals surface area contributed by atoms with Crippen molar-refractivity contribution in [2.24, 2.45) is 10.8 Å². The van der Waals surface area contributed by atoms with E-state index in [1.54, 1.807) is 22.2 Å². The summed E-state index contributed by atoms with van der Waals surface area (Å²) >= 11 is 2.90. The quantitative estimate of drug-likeness (QED) is 0.0809. The number of amides is 4. The van der Waals surface area contributed by atoms with Crippen LogP contribution in [0, 0.1) is 10.8 Å². The molecule has 0 aliphatic carbocycles. The summed E-state index contributed by atoms with van der Waals surface area (Å²) in [5, 5.41) is 17.9. The number of thiazole rings is 2. The Kier molecular flexibility index (Phi) is 14.2. The molecule has 0 saturated carbocycles. The van der Waals surface area contributed by atoms with Gasteiger partial charge in [-0.2, -0.15) is 0 Å². The molecule has 2 aliphatic heterocycles. The number of hydrogen-bond donors (Lipinski definition) is 4. The zero-order chi connectivity index (χ0) is 44.7. The second kappa shape index (κ2) is 19.7. The van der Waals surface area contributed by atoms with Crippen LogP contribution in [0.2, 0.25) is 0 Å². The monoisotopic (exact) mass is 889 g/mol. The fraction of sp³-hybridized carbons (Fsp3) is 0.417. The highest BCUT2D eigenvalue weighted by Crippen LogP contribution is 2.32. The van der Waals surface area contributed by atoms with E-state index in [9.17, 15) is 19.2 Å². The van der Waals surface area contributed by atoms with Gasteiger partial charge in [-0.05, 0) is 84.0 Å². The number of para-hydroxylation sites is 1. The number of carbonyl (C=O) groups is 4. The Hall–Kier alpha value is -5.80. The lowest BCUT2D eigenvalue weighted by atomic mass is 9.85. The summed E-state index contributed by atoms with van der Waals surface area (Å²) < 4.78 is 0. The highest BCUT2D eigenvalue weighted by molar-refractivity contribution is 7.13. The molecule has 4 amide bonds. The molecule has 4 N–H and O–H groups in total. The Balaban J connectivity index is 0.964. The van der Waals surface area contributed by atoms with Crippen molar-refractivity contribution in [2.45, 2.75) is 104 Å². The first-order chi connectivity index (χ1) is 30.1. The van der Waals surface area contributed by atoms with E-state index in [-0.39, 0.29) is 23.6 Å². The molecule has 4 atom stereocenters. The van der Waals surface area contributed by atoms with Crippen molar-refractivity contribution in [3.63, 3.8) is 0 Å². The van der Waals surface area contributed by atoms with E-state index in [1.165, 1.54) is 22.7 Å². The third-order valence-corrected chi connectivity index (χ3v) is 13.0. The zero-order valence-corrected chi connectivity index (χ0v) is 38.6. The van der Waals surface area contributed by atoms with E-state index in [0.717, 1.165) is 29.7 Å². The molecule has 2 aromatic heterocycles. The number of carbonyl (C=O) groups excluding carboxylic acids is 4. The van der Waals surface area contributed by atoms with E-state index >= 15 is 0 Å². The maximum atomic E-state index is 13.9. The molecule has 5 aromatic rings. The van der Waals surface area contributed by atoms with Gasteiger partial charge in [0.2, 0.25) is 23.6 Å². The van der Waals surface area contributed by atoms with Crippen LogP contribution in [0.25, 0.3) is 0 Å². The summed E-state index contributed by atoms with van der Waals surface area (Å²) in [4.78, 5) is 69.6. The predicted octanol–water partition coefficient (Wildman–Crippen LogP) is 8.72. The average molecular weight is 890 g/mol.